The summed E-state index contributed by atoms with van der Waals surface area (Å²) in [6.07, 6.45) is 5.00. The zero-order valence-corrected chi connectivity index (χ0v) is 9.92. The summed E-state index contributed by atoms with van der Waals surface area (Å²) in [7, 11) is 0. The Morgan fingerprint density at radius 3 is 3.00 bits per heavy atom. The molecule has 17 heavy (non-hydrogen) atoms. The van der Waals surface area contributed by atoms with E-state index in [1.165, 1.54) is 11.8 Å². The molecule has 1 aromatic carbocycles. The van der Waals surface area contributed by atoms with Gasteiger partial charge in [-0.15, -0.1) is 6.42 Å². The van der Waals surface area contributed by atoms with Crippen molar-refractivity contribution in [2.24, 2.45) is 5.73 Å². The first kappa shape index (κ1) is 13.1. The first-order valence-corrected chi connectivity index (χ1v) is 5.78. The van der Waals surface area contributed by atoms with Gasteiger partial charge in [-0.2, -0.15) is 0 Å². The van der Waals surface area contributed by atoms with E-state index < -0.39 is 5.97 Å². The number of terminal acetylenes is 1. The van der Waals surface area contributed by atoms with Gasteiger partial charge in [-0.1, -0.05) is 29.8 Å². The molecule has 1 rings (SSSR count). The van der Waals surface area contributed by atoms with E-state index in [-0.39, 0.29) is 11.8 Å². The number of nitrogens with two attached hydrogens (primary N) is 1. The van der Waals surface area contributed by atoms with Crippen LogP contribution in [0.25, 0.3) is 0 Å². The monoisotopic (exact) mass is 248 g/mol. The minimum Gasteiger partial charge on any atom is -0.449 e. The van der Waals surface area contributed by atoms with Crippen LogP contribution in [0.15, 0.2) is 24.3 Å². The topological polar surface area (TPSA) is 76.2 Å². The number of hydrogen-bond acceptors (Lipinski definition) is 4. The molecule has 0 aliphatic rings. The lowest BCUT2D eigenvalue weighted by atomic mass is 10.1. The normalized spacial score (nSPS) is 9.35. The van der Waals surface area contributed by atoms with Gasteiger partial charge in [0.05, 0.1) is 5.56 Å². The van der Waals surface area contributed by atoms with Gasteiger partial charge >= 0.3 is 5.97 Å². The highest BCUT2D eigenvalue weighted by Crippen LogP contribution is 2.13. The number of benzene rings is 1. The van der Waals surface area contributed by atoms with Crippen LogP contribution >= 0.6 is 11.8 Å². The van der Waals surface area contributed by atoms with Gasteiger partial charge in [-0.3, -0.25) is 5.41 Å². The molecule has 0 amide bonds. The molecule has 0 radical (unpaired) electrons. The van der Waals surface area contributed by atoms with Crippen LogP contribution in [0.1, 0.15) is 15.9 Å². The number of hydrogen-bond donors (Lipinski definition) is 2. The Bertz CT molecular complexity index is 466. The number of thioether (sulfide) groups is 1. The summed E-state index contributed by atoms with van der Waals surface area (Å²) in [6.45, 7) is -0.0365. The number of amidine groups is 1. The SMILES string of the molecule is C#CCOC(=O)c1cccc(CSC(=N)N)c1. The maximum absolute atomic E-state index is 11.5. The quantitative estimate of drug-likeness (QED) is 0.367. The highest BCUT2D eigenvalue weighted by molar-refractivity contribution is 8.13. The molecular weight excluding hydrogens is 236 g/mol. The average molecular weight is 248 g/mol. The van der Waals surface area contributed by atoms with Crippen molar-refractivity contribution in [3.63, 3.8) is 0 Å². The van der Waals surface area contributed by atoms with Crippen molar-refractivity contribution in [1.82, 2.24) is 0 Å². The first-order valence-electron chi connectivity index (χ1n) is 4.80. The third-order valence-electron chi connectivity index (χ3n) is 1.84. The fourth-order valence-electron chi connectivity index (χ4n) is 1.14. The molecule has 0 fully saturated rings. The molecule has 0 bridgehead atoms. The molecule has 1 aromatic rings. The largest absolute Gasteiger partial charge is 0.449 e. The molecule has 0 unspecified atom stereocenters. The molecular formula is C12H12N2O2S. The third kappa shape index (κ3) is 4.62. The summed E-state index contributed by atoms with van der Waals surface area (Å²) in [5, 5.41) is 7.15. The lowest BCUT2D eigenvalue weighted by Crippen LogP contribution is -2.06. The molecule has 0 saturated carbocycles. The third-order valence-corrected chi connectivity index (χ3v) is 2.63. The van der Waals surface area contributed by atoms with Crippen molar-refractivity contribution in [3.8, 4) is 12.3 Å². The van der Waals surface area contributed by atoms with Crippen molar-refractivity contribution in [3.05, 3.63) is 35.4 Å². The molecule has 0 spiro atoms. The lowest BCUT2D eigenvalue weighted by Gasteiger charge is -2.04. The molecule has 4 nitrogen and oxygen atoms in total. The van der Waals surface area contributed by atoms with Crippen molar-refractivity contribution in [2.75, 3.05) is 6.61 Å². The second-order valence-electron chi connectivity index (χ2n) is 3.13. The van der Waals surface area contributed by atoms with Crippen molar-refractivity contribution >= 4 is 22.9 Å². The van der Waals surface area contributed by atoms with Crippen molar-refractivity contribution in [2.45, 2.75) is 5.75 Å². The first-order chi connectivity index (χ1) is 8.13. The van der Waals surface area contributed by atoms with E-state index in [1.807, 2.05) is 6.07 Å². The Labute approximate surface area is 104 Å². The Morgan fingerprint density at radius 2 is 2.35 bits per heavy atom. The van der Waals surface area contributed by atoms with E-state index in [2.05, 4.69) is 5.92 Å². The van der Waals surface area contributed by atoms with E-state index >= 15 is 0 Å². The molecule has 5 heteroatoms. The second-order valence-corrected chi connectivity index (χ2v) is 4.15. The Morgan fingerprint density at radius 1 is 1.59 bits per heavy atom. The molecule has 0 aromatic heterocycles. The van der Waals surface area contributed by atoms with Gasteiger partial charge in [0.15, 0.2) is 11.8 Å². The number of ether oxygens (including phenoxy) is 1. The van der Waals surface area contributed by atoms with E-state index in [9.17, 15) is 4.79 Å². The maximum Gasteiger partial charge on any atom is 0.339 e. The number of esters is 1. The van der Waals surface area contributed by atoms with Gasteiger partial charge in [0.1, 0.15) is 0 Å². The van der Waals surface area contributed by atoms with Crippen LogP contribution < -0.4 is 5.73 Å². The second kappa shape index (κ2) is 6.61. The summed E-state index contributed by atoms with van der Waals surface area (Å²) in [5.74, 6) is 2.33. The van der Waals surface area contributed by atoms with Gasteiger partial charge in [0.2, 0.25) is 0 Å². The molecule has 0 aliphatic heterocycles. The van der Waals surface area contributed by atoms with Gasteiger partial charge in [-0.05, 0) is 17.7 Å². The van der Waals surface area contributed by atoms with Crippen LogP contribution in [0.5, 0.6) is 0 Å². The highest BCUT2D eigenvalue weighted by Gasteiger charge is 2.07. The Kier molecular flexibility index (Phi) is 5.11. The zero-order valence-electron chi connectivity index (χ0n) is 9.10. The predicted molar refractivity (Wildman–Crippen MR) is 68.8 cm³/mol. The predicted octanol–water partition coefficient (Wildman–Crippen LogP) is 1.60. The standard InChI is InChI=1S/C12H12N2O2S/c1-2-6-16-11(15)10-5-3-4-9(7-10)8-17-12(13)14/h1,3-5,7H,6,8H2,(H3,13,14). The van der Waals surface area contributed by atoms with Crippen LogP contribution in [-0.4, -0.2) is 17.7 Å². The smallest absolute Gasteiger partial charge is 0.339 e. The highest BCUT2D eigenvalue weighted by atomic mass is 32.2. The zero-order chi connectivity index (χ0) is 12.7. The Hall–Kier alpha value is -1.93. The molecule has 0 atom stereocenters. The van der Waals surface area contributed by atoms with Crippen LogP contribution in [0.2, 0.25) is 0 Å². The van der Waals surface area contributed by atoms with Crippen molar-refractivity contribution in [1.29, 1.82) is 5.41 Å². The number of carbonyl (C=O) groups is 1. The molecule has 3 N–H and O–H groups in total. The fraction of sp³-hybridized carbons (Fsp3) is 0.167. The summed E-state index contributed by atoms with van der Waals surface area (Å²) in [4.78, 5) is 11.5. The van der Waals surface area contributed by atoms with Crippen molar-refractivity contribution < 1.29 is 9.53 Å². The maximum atomic E-state index is 11.5. The summed E-state index contributed by atoms with van der Waals surface area (Å²) >= 11 is 1.20. The molecule has 0 aliphatic carbocycles. The molecule has 88 valence electrons. The lowest BCUT2D eigenvalue weighted by molar-refractivity contribution is 0.0556. The van der Waals surface area contributed by atoms with E-state index in [0.717, 1.165) is 5.56 Å². The van der Waals surface area contributed by atoms with Crippen LogP contribution in [0.4, 0.5) is 0 Å². The molecule has 0 heterocycles. The van der Waals surface area contributed by atoms with E-state index in [4.69, 9.17) is 22.3 Å². The summed E-state index contributed by atoms with van der Waals surface area (Å²) in [6, 6.07) is 6.96. The van der Waals surface area contributed by atoms with E-state index in [1.54, 1.807) is 18.2 Å². The number of carbonyl (C=O) groups excluding carboxylic acids is 1. The van der Waals surface area contributed by atoms with E-state index in [0.29, 0.717) is 11.3 Å². The van der Waals surface area contributed by atoms with Crippen LogP contribution in [-0.2, 0) is 10.5 Å². The van der Waals surface area contributed by atoms with Gasteiger partial charge < -0.3 is 10.5 Å². The summed E-state index contributed by atoms with van der Waals surface area (Å²) in [5.41, 5.74) is 6.59. The summed E-state index contributed by atoms with van der Waals surface area (Å²) < 4.78 is 4.81. The van der Waals surface area contributed by atoms with Crippen LogP contribution in [0.3, 0.4) is 0 Å². The van der Waals surface area contributed by atoms with Gasteiger partial charge in [0, 0.05) is 5.75 Å². The van der Waals surface area contributed by atoms with Gasteiger partial charge in [0.25, 0.3) is 0 Å². The molecule has 0 saturated heterocycles. The fourth-order valence-corrected chi connectivity index (χ4v) is 1.64. The average Bonchev–Trinajstić information content (AvgIpc) is 2.33. The minimum atomic E-state index is -0.447. The number of rotatable bonds is 4. The number of nitrogens with one attached hydrogen (secondary N) is 1. The minimum absolute atomic E-state index is 0.0365. The van der Waals surface area contributed by atoms with Crippen LogP contribution in [0, 0.1) is 17.8 Å². The Balaban J connectivity index is 2.68. The van der Waals surface area contributed by atoms with Gasteiger partial charge in [-0.25, -0.2) is 4.79 Å².